The number of nitrogens with zero attached hydrogens (tertiary/aromatic N) is 2. The van der Waals surface area contributed by atoms with Crippen LogP contribution in [0, 0.1) is 13.8 Å². The molecule has 1 atom stereocenters. The number of ether oxygens (including phenoxy) is 2. The molecule has 24 heavy (non-hydrogen) atoms. The monoisotopic (exact) mass is 468 g/mol. The summed E-state index contributed by atoms with van der Waals surface area (Å²) < 4.78 is 11.1. The summed E-state index contributed by atoms with van der Waals surface area (Å²) in [7, 11) is 0. The second-order valence-corrected chi connectivity index (χ2v) is 6.86. The Morgan fingerprint density at radius 1 is 1.42 bits per heavy atom. The van der Waals surface area contributed by atoms with E-state index in [0.29, 0.717) is 6.54 Å². The number of thiazole rings is 1. The first kappa shape index (κ1) is 21.6. The van der Waals surface area contributed by atoms with E-state index >= 15 is 0 Å². The van der Waals surface area contributed by atoms with Gasteiger partial charge in [-0.15, -0.1) is 35.3 Å². The van der Waals surface area contributed by atoms with Crippen molar-refractivity contribution < 1.29 is 9.47 Å². The third-order valence-corrected chi connectivity index (χ3v) is 4.64. The molecule has 1 fully saturated rings. The molecular formula is C16H29IN4O2S. The van der Waals surface area contributed by atoms with Gasteiger partial charge in [0, 0.05) is 31.2 Å². The lowest BCUT2D eigenvalue weighted by molar-refractivity contribution is 0.0420. The van der Waals surface area contributed by atoms with Crippen molar-refractivity contribution in [2.24, 2.45) is 4.99 Å². The van der Waals surface area contributed by atoms with Crippen molar-refractivity contribution in [3.05, 3.63) is 15.6 Å². The molecule has 0 aliphatic carbocycles. The fourth-order valence-corrected chi connectivity index (χ4v) is 3.25. The zero-order valence-corrected chi connectivity index (χ0v) is 17.9. The number of aromatic nitrogens is 1. The molecule has 2 rings (SSSR count). The van der Waals surface area contributed by atoms with Crippen molar-refractivity contribution in [1.29, 1.82) is 0 Å². The normalized spacial score (nSPS) is 17.6. The van der Waals surface area contributed by atoms with E-state index in [0.717, 1.165) is 62.4 Å². The van der Waals surface area contributed by atoms with Crippen LogP contribution in [-0.4, -0.2) is 50.0 Å². The van der Waals surface area contributed by atoms with E-state index in [4.69, 9.17) is 9.47 Å². The van der Waals surface area contributed by atoms with E-state index < -0.39 is 0 Å². The first-order chi connectivity index (χ1) is 11.2. The van der Waals surface area contributed by atoms with Gasteiger partial charge in [0.15, 0.2) is 5.96 Å². The lowest BCUT2D eigenvalue weighted by Gasteiger charge is -2.12. The Morgan fingerprint density at radius 2 is 2.25 bits per heavy atom. The maximum absolute atomic E-state index is 5.76. The van der Waals surface area contributed by atoms with Gasteiger partial charge in [0.1, 0.15) is 0 Å². The number of hydrogen-bond donors (Lipinski definition) is 2. The highest BCUT2D eigenvalue weighted by Gasteiger charge is 2.15. The molecule has 1 aromatic rings. The second kappa shape index (κ2) is 12.0. The Morgan fingerprint density at radius 3 is 2.88 bits per heavy atom. The first-order valence-electron chi connectivity index (χ1n) is 8.33. The Hall–Kier alpha value is -0.450. The van der Waals surface area contributed by atoms with Gasteiger partial charge in [-0.05, 0) is 33.6 Å². The molecule has 0 radical (unpaired) electrons. The van der Waals surface area contributed by atoms with Crippen LogP contribution < -0.4 is 10.6 Å². The molecule has 138 valence electrons. The molecule has 1 unspecified atom stereocenters. The summed E-state index contributed by atoms with van der Waals surface area (Å²) in [6.45, 7) is 10.8. The molecule has 8 heteroatoms. The summed E-state index contributed by atoms with van der Waals surface area (Å²) in [5, 5.41) is 7.72. The molecule has 1 saturated heterocycles. The molecule has 0 spiro atoms. The van der Waals surface area contributed by atoms with Gasteiger partial charge >= 0.3 is 0 Å². The molecule has 2 heterocycles. The van der Waals surface area contributed by atoms with E-state index in [1.165, 1.54) is 4.88 Å². The van der Waals surface area contributed by atoms with Crippen molar-refractivity contribution in [1.82, 2.24) is 15.6 Å². The fraction of sp³-hybridized carbons (Fsp3) is 0.750. The fourth-order valence-electron chi connectivity index (χ4n) is 2.39. The minimum Gasteiger partial charge on any atom is -0.379 e. The van der Waals surface area contributed by atoms with Crippen molar-refractivity contribution in [2.75, 3.05) is 32.9 Å². The van der Waals surface area contributed by atoms with Crippen LogP contribution in [-0.2, 0) is 16.0 Å². The molecule has 1 aliphatic heterocycles. The zero-order valence-electron chi connectivity index (χ0n) is 14.8. The van der Waals surface area contributed by atoms with E-state index in [2.05, 4.69) is 27.5 Å². The molecule has 0 bridgehead atoms. The topological polar surface area (TPSA) is 67.8 Å². The van der Waals surface area contributed by atoms with Gasteiger partial charge in [-0.3, -0.25) is 0 Å². The van der Waals surface area contributed by atoms with E-state index in [1.54, 1.807) is 11.3 Å². The number of rotatable bonds is 8. The standard InChI is InChI=1S/C16H28N4O2S.HI/c1-4-17-16(19-10-15-12(2)20-13(3)23-15)18-7-5-8-22-14-6-9-21-11-14;/h14H,4-11H2,1-3H3,(H2,17,18,19);1H. The minimum absolute atomic E-state index is 0. The summed E-state index contributed by atoms with van der Waals surface area (Å²) >= 11 is 1.71. The summed E-state index contributed by atoms with van der Waals surface area (Å²) in [6.07, 6.45) is 2.26. The Bertz CT molecular complexity index is 504. The lowest BCUT2D eigenvalue weighted by Crippen LogP contribution is -2.38. The molecule has 0 amide bonds. The average Bonchev–Trinajstić information content (AvgIpc) is 3.14. The van der Waals surface area contributed by atoms with Crippen molar-refractivity contribution in [3.8, 4) is 0 Å². The number of aryl methyl sites for hydroxylation is 2. The van der Waals surface area contributed by atoms with Gasteiger partial charge < -0.3 is 20.1 Å². The molecule has 2 N–H and O–H groups in total. The average molecular weight is 468 g/mol. The van der Waals surface area contributed by atoms with Crippen LogP contribution in [0.2, 0.25) is 0 Å². The smallest absolute Gasteiger partial charge is 0.191 e. The molecule has 1 aromatic heterocycles. The molecule has 1 aliphatic rings. The Balaban J connectivity index is 0.00000288. The third kappa shape index (κ3) is 7.62. The van der Waals surface area contributed by atoms with Gasteiger partial charge in [-0.25, -0.2) is 9.98 Å². The third-order valence-electron chi connectivity index (χ3n) is 3.58. The maximum Gasteiger partial charge on any atom is 0.191 e. The summed E-state index contributed by atoms with van der Waals surface area (Å²) in [5.41, 5.74) is 1.08. The molecule has 0 aromatic carbocycles. The van der Waals surface area contributed by atoms with Gasteiger partial charge in [0.05, 0.1) is 30.0 Å². The summed E-state index contributed by atoms with van der Waals surface area (Å²) in [6, 6.07) is 0. The predicted molar refractivity (Wildman–Crippen MR) is 110 cm³/mol. The lowest BCUT2D eigenvalue weighted by atomic mass is 10.3. The van der Waals surface area contributed by atoms with Crippen LogP contribution in [0.15, 0.2) is 4.99 Å². The van der Waals surface area contributed by atoms with Crippen LogP contribution in [0.1, 0.15) is 35.3 Å². The minimum atomic E-state index is 0. The van der Waals surface area contributed by atoms with Gasteiger partial charge in [0.25, 0.3) is 0 Å². The summed E-state index contributed by atoms with van der Waals surface area (Å²) in [5.74, 6) is 0.849. The number of hydrogen-bond acceptors (Lipinski definition) is 5. The van der Waals surface area contributed by atoms with Crippen LogP contribution in [0.25, 0.3) is 0 Å². The molecule has 6 nitrogen and oxygen atoms in total. The maximum atomic E-state index is 5.76. The largest absolute Gasteiger partial charge is 0.379 e. The van der Waals surface area contributed by atoms with E-state index in [1.807, 2.05) is 13.8 Å². The van der Waals surface area contributed by atoms with Gasteiger partial charge in [-0.1, -0.05) is 0 Å². The van der Waals surface area contributed by atoms with Crippen molar-refractivity contribution >= 4 is 41.3 Å². The SMILES string of the molecule is CCNC(=NCc1sc(C)nc1C)NCCCOC1CCOC1.I. The molecular weight excluding hydrogens is 439 g/mol. The van der Waals surface area contributed by atoms with Gasteiger partial charge in [0.2, 0.25) is 0 Å². The number of guanidine groups is 1. The van der Waals surface area contributed by atoms with Crippen molar-refractivity contribution in [2.45, 2.75) is 46.3 Å². The van der Waals surface area contributed by atoms with Crippen molar-refractivity contribution in [3.63, 3.8) is 0 Å². The van der Waals surface area contributed by atoms with Crippen LogP contribution in [0.4, 0.5) is 0 Å². The predicted octanol–water partition coefficient (Wildman–Crippen LogP) is 2.63. The Labute approximate surface area is 165 Å². The Kier molecular flexibility index (Phi) is 10.8. The number of nitrogens with one attached hydrogen (secondary N) is 2. The second-order valence-electron chi connectivity index (χ2n) is 5.57. The summed E-state index contributed by atoms with van der Waals surface area (Å²) in [4.78, 5) is 10.3. The first-order valence-corrected chi connectivity index (χ1v) is 9.15. The van der Waals surface area contributed by atoms with Gasteiger partial charge in [-0.2, -0.15) is 0 Å². The van der Waals surface area contributed by atoms with E-state index in [-0.39, 0.29) is 30.1 Å². The quantitative estimate of drug-likeness (QED) is 0.266. The highest BCUT2D eigenvalue weighted by molar-refractivity contribution is 14.0. The number of aliphatic imine (C=N–C) groups is 1. The van der Waals surface area contributed by atoms with Crippen LogP contribution >= 0.6 is 35.3 Å². The molecule has 0 saturated carbocycles. The highest BCUT2D eigenvalue weighted by Crippen LogP contribution is 2.17. The van der Waals surface area contributed by atoms with Crippen LogP contribution in [0.3, 0.4) is 0 Å². The van der Waals surface area contributed by atoms with Crippen LogP contribution in [0.5, 0.6) is 0 Å². The number of halogens is 1. The zero-order chi connectivity index (χ0) is 16.5. The highest BCUT2D eigenvalue weighted by atomic mass is 127. The van der Waals surface area contributed by atoms with E-state index in [9.17, 15) is 0 Å².